The van der Waals surface area contributed by atoms with Crippen LogP contribution in [0.15, 0.2) is 35.2 Å². The summed E-state index contributed by atoms with van der Waals surface area (Å²) in [4.78, 5) is 23.4. The van der Waals surface area contributed by atoms with Gasteiger partial charge in [0, 0.05) is 17.1 Å². The van der Waals surface area contributed by atoms with Gasteiger partial charge in [-0.1, -0.05) is 24.0 Å². The number of nitrogens with one attached hydrogen (secondary N) is 1. The SMILES string of the molecule is Cc1cc(/C=C2\SC(=S)NC2=O)c(C)n1-c1ccc(C(=O)O)cc1. The molecule has 0 bridgehead atoms. The van der Waals surface area contributed by atoms with Gasteiger partial charge < -0.3 is 15.0 Å². The molecule has 2 aromatic rings. The second kappa shape index (κ2) is 6.26. The van der Waals surface area contributed by atoms with Crippen LogP contribution in [-0.2, 0) is 4.79 Å². The molecule has 2 N–H and O–H groups in total. The fourth-order valence-corrected chi connectivity index (χ4v) is 3.68. The molecule has 2 heterocycles. The molecule has 0 aliphatic carbocycles. The number of aromatic carboxylic acids is 1. The van der Waals surface area contributed by atoms with E-state index in [2.05, 4.69) is 5.32 Å². The Balaban J connectivity index is 2.01. The molecular weight excluding hydrogens is 344 g/mol. The van der Waals surface area contributed by atoms with Gasteiger partial charge in [0.1, 0.15) is 4.32 Å². The number of nitrogens with zero attached hydrogens (tertiary/aromatic N) is 1. The average Bonchev–Trinajstić information content (AvgIpc) is 2.98. The summed E-state index contributed by atoms with van der Waals surface area (Å²) in [5.74, 6) is -1.13. The van der Waals surface area contributed by atoms with Crippen molar-refractivity contribution in [3.63, 3.8) is 0 Å². The molecule has 1 aromatic heterocycles. The van der Waals surface area contributed by atoms with Crippen molar-refractivity contribution >= 4 is 46.3 Å². The Morgan fingerprint density at radius 2 is 1.96 bits per heavy atom. The normalized spacial score (nSPS) is 15.8. The molecule has 1 amide bonds. The van der Waals surface area contributed by atoms with Crippen LogP contribution in [0.4, 0.5) is 0 Å². The van der Waals surface area contributed by atoms with E-state index in [1.807, 2.05) is 30.6 Å². The molecule has 1 fully saturated rings. The van der Waals surface area contributed by atoms with E-state index in [0.717, 1.165) is 22.6 Å². The van der Waals surface area contributed by atoms with Crippen molar-refractivity contribution in [3.8, 4) is 5.69 Å². The minimum Gasteiger partial charge on any atom is -0.478 e. The van der Waals surface area contributed by atoms with Crippen molar-refractivity contribution in [2.75, 3.05) is 0 Å². The third kappa shape index (κ3) is 3.00. The first-order valence-electron chi connectivity index (χ1n) is 7.14. The van der Waals surface area contributed by atoms with Crippen molar-refractivity contribution < 1.29 is 14.7 Å². The molecular formula is C17H14N2O3S2. The molecule has 7 heteroatoms. The zero-order chi connectivity index (χ0) is 17.4. The fourth-order valence-electron chi connectivity index (χ4n) is 2.65. The van der Waals surface area contributed by atoms with Crippen LogP contribution in [0.1, 0.15) is 27.3 Å². The smallest absolute Gasteiger partial charge is 0.335 e. The Labute approximate surface area is 148 Å². The zero-order valence-electron chi connectivity index (χ0n) is 13.0. The third-order valence-corrected chi connectivity index (χ3v) is 4.93. The molecule has 0 spiro atoms. The number of carboxylic acids is 1. The maximum absolute atomic E-state index is 11.8. The van der Waals surface area contributed by atoms with Gasteiger partial charge in [-0.2, -0.15) is 0 Å². The second-order valence-electron chi connectivity index (χ2n) is 5.37. The highest BCUT2D eigenvalue weighted by atomic mass is 32.2. The highest BCUT2D eigenvalue weighted by Gasteiger charge is 2.23. The van der Waals surface area contributed by atoms with Crippen LogP contribution in [0.3, 0.4) is 0 Å². The van der Waals surface area contributed by atoms with Gasteiger partial charge in [0.25, 0.3) is 5.91 Å². The average molecular weight is 358 g/mol. The van der Waals surface area contributed by atoms with Crippen molar-refractivity contribution in [1.29, 1.82) is 0 Å². The summed E-state index contributed by atoms with van der Waals surface area (Å²) >= 11 is 6.25. The summed E-state index contributed by atoms with van der Waals surface area (Å²) < 4.78 is 2.48. The lowest BCUT2D eigenvalue weighted by molar-refractivity contribution is -0.115. The third-order valence-electron chi connectivity index (χ3n) is 3.77. The largest absolute Gasteiger partial charge is 0.478 e. The van der Waals surface area contributed by atoms with E-state index in [-0.39, 0.29) is 11.5 Å². The van der Waals surface area contributed by atoms with Crippen LogP contribution in [0.5, 0.6) is 0 Å². The molecule has 1 aliphatic rings. The molecule has 5 nitrogen and oxygen atoms in total. The van der Waals surface area contributed by atoms with E-state index in [1.54, 1.807) is 24.3 Å². The summed E-state index contributed by atoms with van der Waals surface area (Å²) in [6, 6.07) is 8.68. The van der Waals surface area contributed by atoms with Gasteiger partial charge in [-0.15, -0.1) is 0 Å². The van der Waals surface area contributed by atoms with E-state index < -0.39 is 5.97 Å². The molecule has 1 aliphatic heterocycles. The summed E-state index contributed by atoms with van der Waals surface area (Å²) in [7, 11) is 0. The van der Waals surface area contributed by atoms with Crippen molar-refractivity contribution in [1.82, 2.24) is 9.88 Å². The Morgan fingerprint density at radius 1 is 1.29 bits per heavy atom. The number of amides is 1. The Morgan fingerprint density at radius 3 is 2.50 bits per heavy atom. The lowest BCUT2D eigenvalue weighted by Gasteiger charge is -2.10. The van der Waals surface area contributed by atoms with Gasteiger partial charge in [-0.25, -0.2) is 4.79 Å². The monoisotopic (exact) mass is 358 g/mol. The maximum atomic E-state index is 11.8. The van der Waals surface area contributed by atoms with Crippen molar-refractivity contribution in [2.45, 2.75) is 13.8 Å². The van der Waals surface area contributed by atoms with Crippen LogP contribution in [0, 0.1) is 13.8 Å². The van der Waals surface area contributed by atoms with Gasteiger partial charge in [-0.05, 0) is 55.8 Å². The van der Waals surface area contributed by atoms with Crippen molar-refractivity contribution in [3.05, 3.63) is 57.8 Å². The first kappa shape index (κ1) is 16.5. The number of aryl methyl sites for hydroxylation is 1. The number of carboxylic acid groups (broad SMARTS) is 1. The molecule has 3 rings (SSSR count). The molecule has 0 unspecified atom stereocenters. The predicted molar refractivity (Wildman–Crippen MR) is 98.5 cm³/mol. The van der Waals surface area contributed by atoms with Gasteiger partial charge in [0.05, 0.1) is 10.5 Å². The van der Waals surface area contributed by atoms with Gasteiger partial charge in [-0.3, -0.25) is 4.79 Å². The van der Waals surface area contributed by atoms with Crippen LogP contribution in [-0.4, -0.2) is 25.9 Å². The molecule has 0 radical (unpaired) electrons. The summed E-state index contributed by atoms with van der Waals surface area (Å²) in [5, 5.41) is 11.6. The van der Waals surface area contributed by atoms with Gasteiger partial charge in [0.2, 0.25) is 0 Å². The minimum absolute atomic E-state index is 0.180. The number of benzene rings is 1. The van der Waals surface area contributed by atoms with Gasteiger partial charge >= 0.3 is 5.97 Å². The van der Waals surface area contributed by atoms with E-state index in [4.69, 9.17) is 17.3 Å². The number of carbonyl (C=O) groups is 2. The second-order valence-corrected chi connectivity index (χ2v) is 7.09. The minimum atomic E-state index is -0.951. The molecule has 1 saturated heterocycles. The lowest BCUT2D eigenvalue weighted by atomic mass is 10.2. The molecule has 0 atom stereocenters. The lowest BCUT2D eigenvalue weighted by Crippen LogP contribution is -2.17. The number of hydrogen-bond acceptors (Lipinski definition) is 4. The number of aromatic nitrogens is 1. The number of hydrogen-bond donors (Lipinski definition) is 2. The highest BCUT2D eigenvalue weighted by molar-refractivity contribution is 8.26. The number of rotatable bonds is 3. The van der Waals surface area contributed by atoms with E-state index >= 15 is 0 Å². The maximum Gasteiger partial charge on any atom is 0.335 e. The topological polar surface area (TPSA) is 71.3 Å². The van der Waals surface area contributed by atoms with Crippen LogP contribution >= 0.6 is 24.0 Å². The summed E-state index contributed by atoms with van der Waals surface area (Å²) in [5.41, 5.74) is 4.01. The summed E-state index contributed by atoms with van der Waals surface area (Å²) in [6.07, 6.45) is 1.82. The van der Waals surface area contributed by atoms with E-state index in [1.165, 1.54) is 11.8 Å². The quantitative estimate of drug-likeness (QED) is 0.651. The predicted octanol–water partition coefficient (Wildman–Crippen LogP) is 3.28. The highest BCUT2D eigenvalue weighted by Crippen LogP contribution is 2.29. The van der Waals surface area contributed by atoms with Crippen LogP contribution in [0.2, 0.25) is 0 Å². The van der Waals surface area contributed by atoms with Gasteiger partial charge in [0.15, 0.2) is 0 Å². The first-order chi connectivity index (χ1) is 11.4. The molecule has 0 saturated carbocycles. The Bertz CT molecular complexity index is 895. The first-order valence-corrected chi connectivity index (χ1v) is 8.37. The number of thioether (sulfide) groups is 1. The zero-order valence-corrected chi connectivity index (χ0v) is 14.6. The number of carbonyl (C=O) groups excluding carboxylic acids is 1. The van der Waals surface area contributed by atoms with E-state index in [9.17, 15) is 9.59 Å². The number of thiocarbonyl (C=S) groups is 1. The van der Waals surface area contributed by atoms with E-state index in [0.29, 0.717) is 9.23 Å². The standard InChI is InChI=1S/C17H14N2O3S2/c1-9-7-12(8-14-15(20)18-17(23)24-14)10(2)19(9)13-5-3-11(4-6-13)16(21)22/h3-8H,1-2H3,(H,21,22)(H,18,20,23)/b14-8-. The van der Waals surface area contributed by atoms with Crippen LogP contribution in [0.25, 0.3) is 11.8 Å². The van der Waals surface area contributed by atoms with Crippen molar-refractivity contribution in [2.24, 2.45) is 0 Å². The Kier molecular flexibility index (Phi) is 4.29. The Hall–Kier alpha value is -2.38. The fraction of sp³-hybridized carbons (Fsp3) is 0.118. The molecule has 1 aromatic carbocycles. The molecule has 24 heavy (non-hydrogen) atoms. The summed E-state index contributed by atoms with van der Waals surface area (Å²) in [6.45, 7) is 3.92. The molecule has 122 valence electrons. The van der Waals surface area contributed by atoms with Crippen LogP contribution < -0.4 is 5.32 Å².